The lowest BCUT2D eigenvalue weighted by Gasteiger charge is -2.36. The molecule has 20 heavy (non-hydrogen) atoms. The van der Waals surface area contributed by atoms with Crippen molar-refractivity contribution in [2.24, 2.45) is 17.6 Å². The lowest BCUT2D eigenvalue weighted by atomic mass is 9.85. The van der Waals surface area contributed by atoms with Crippen LogP contribution in [0.15, 0.2) is 30.3 Å². The molecule has 0 radical (unpaired) electrons. The van der Waals surface area contributed by atoms with Crippen LogP contribution in [-0.4, -0.2) is 24.5 Å². The molecule has 1 fully saturated rings. The highest BCUT2D eigenvalue weighted by Gasteiger charge is 2.25. The Hall–Kier alpha value is -0.860. The second-order valence-corrected chi connectivity index (χ2v) is 6.78. The average molecular weight is 274 g/mol. The summed E-state index contributed by atoms with van der Waals surface area (Å²) in [6.45, 7) is 5.76. The molecule has 0 spiro atoms. The number of rotatable bonds is 5. The van der Waals surface area contributed by atoms with Crippen molar-refractivity contribution < 1.29 is 0 Å². The first-order valence-corrected chi connectivity index (χ1v) is 8.08. The van der Waals surface area contributed by atoms with Crippen LogP contribution in [-0.2, 0) is 0 Å². The van der Waals surface area contributed by atoms with Gasteiger partial charge >= 0.3 is 0 Å². The number of nitrogens with zero attached hydrogens (tertiary/aromatic N) is 1. The lowest BCUT2D eigenvalue weighted by molar-refractivity contribution is 0.141. The third-order valence-electron chi connectivity index (χ3n) is 4.91. The van der Waals surface area contributed by atoms with Crippen LogP contribution in [0.5, 0.6) is 0 Å². The molecule has 1 aliphatic rings. The zero-order valence-electron chi connectivity index (χ0n) is 13.3. The average Bonchev–Trinajstić information content (AvgIpc) is 2.47. The summed E-state index contributed by atoms with van der Waals surface area (Å²) >= 11 is 0. The van der Waals surface area contributed by atoms with E-state index in [9.17, 15) is 0 Å². The molecule has 1 aromatic carbocycles. The van der Waals surface area contributed by atoms with E-state index in [0.717, 1.165) is 18.5 Å². The van der Waals surface area contributed by atoms with Crippen molar-refractivity contribution in [1.82, 2.24) is 4.90 Å². The molecule has 0 amide bonds. The molecule has 2 N–H and O–H groups in total. The fourth-order valence-electron chi connectivity index (χ4n) is 3.52. The van der Waals surface area contributed by atoms with Crippen molar-refractivity contribution >= 4 is 0 Å². The highest BCUT2D eigenvalue weighted by molar-refractivity contribution is 5.19. The van der Waals surface area contributed by atoms with Gasteiger partial charge in [-0.05, 0) is 37.3 Å². The first-order valence-electron chi connectivity index (χ1n) is 8.08. The minimum absolute atomic E-state index is 0.139. The van der Waals surface area contributed by atoms with Crippen LogP contribution < -0.4 is 5.73 Å². The fraction of sp³-hybridized carbons (Fsp3) is 0.667. The van der Waals surface area contributed by atoms with Crippen LogP contribution in [0.1, 0.15) is 51.1 Å². The van der Waals surface area contributed by atoms with Crippen molar-refractivity contribution in [2.75, 3.05) is 13.6 Å². The topological polar surface area (TPSA) is 29.3 Å². The Morgan fingerprint density at radius 1 is 1.25 bits per heavy atom. The minimum atomic E-state index is 0.139. The van der Waals surface area contributed by atoms with Crippen LogP contribution in [0, 0.1) is 11.8 Å². The molecule has 1 saturated carbocycles. The van der Waals surface area contributed by atoms with Crippen molar-refractivity contribution in [3.05, 3.63) is 35.9 Å². The Morgan fingerprint density at radius 3 is 2.60 bits per heavy atom. The van der Waals surface area contributed by atoms with E-state index < -0.39 is 0 Å². The molecule has 0 saturated heterocycles. The Kier molecular flexibility index (Phi) is 5.62. The normalized spacial score (nSPS) is 26.4. The largest absolute Gasteiger partial charge is 0.324 e. The van der Waals surface area contributed by atoms with E-state index in [2.05, 4.69) is 56.1 Å². The van der Waals surface area contributed by atoms with E-state index >= 15 is 0 Å². The van der Waals surface area contributed by atoms with Gasteiger partial charge in [-0.1, -0.05) is 57.0 Å². The number of nitrogens with two attached hydrogens (primary N) is 1. The van der Waals surface area contributed by atoms with E-state index in [0.29, 0.717) is 5.92 Å². The summed E-state index contributed by atoms with van der Waals surface area (Å²) in [5.41, 5.74) is 7.67. The summed E-state index contributed by atoms with van der Waals surface area (Å²) in [4.78, 5) is 2.54. The standard InChI is InChI=1S/C18H30N2/c1-14-8-7-11-17(12-14)20(3)13-15(2)18(19)16-9-5-4-6-10-16/h4-6,9-10,14-15,17-18H,7-8,11-13,19H2,1-3H3. The minimum Gasteiger partial charge on any atom is -0.324 e. The van der Waals surface area contributed by atoms with Crippen molar-refractivity contribution in [2.45, 2.75) is 51.6 Å². The summed E-state index contributed by atoms with van der Waals surface area (Å²) in [6, 6.07) is 11.4. The molecule has 1 aliphatic carbocycles. The highest BCUT2D eigenvalue weighted by atomic mass is 15.1. The van der Waals surface area contributed by atoms with E-state index in [1.165, 1.54) is 31.2 Å². The number of benzene rings is 1. The summed E-state index contributed by atoms with van der Waals surface area (Å²) in [7, 11) is 2.27. The van der Waals surface area contributed by atoms with Gasteiger partial charge in [-0.3, -0.25) is 0 Å². The Labute approximate surface area is 124 Å². The van der Waals surface area contributed by atoms with Gasteiger partial charge in [0, 0.05) is 18.6 Å². The third-order valence-corrected chi connectivity index (χ3v) is 4.91. The van der Waals surface area contributed by atoms with E-state index in [-0.39, 0.29) is 6.04 Å². The van der Waals surface area contributed by atoms with Gasteiger partial charge in [-0.25, -0.2) is 0 Å². The molecule has 0 aromatic heterocycles. The molecule has 2 rings (SSSR count). The molecule has 112 valence electrons. The monoisotopic (exact) mass is 274 g/mol. The van der Waals surface area contributed by atoms with Crippen LogP contribution in [0.4, 0.5) is 0 Å². The summed E-state index contributed by atoms with van der Waals surface area (Å²) in [5.74, 6) is 1.37. The Bertz CT molecular complexity index is 390. The van der Waals surface area contributed by atoms with Crippen LogP contribution >= 0.6 is 0 Å². The molecule has 0 heterocycles. The quantitative estimate of drug-likeness (QED) is 0.884. The van der Waals surface area contributed by atoms with Crippen LogP contribution in [0.25, 0.3) is 0 Å². The third kappa shape index (κ3) is 4.07. The zero-order chi connectivity index (χ0) is 14.5. The summed E-state index contributed by atoms with van der Waals surface area (Å²) < 4.78 is 0. The van der Waals surface area contributed by atoms with Gasteiger partial charge in [0.2, 0.25) is 0 Å². The molecule has 4 atom stereocenters. The molecule has 2 heteroatoms. The molecule has 4 unspecified atom stereocenters. The highest BCUT2D eigenvalue weighted by Crippen LogP contribution is 2.28. The Morgan fingerprint density at radius 2 is 1.95 bits per heavy atom. The van der Waals surface area contributed by atoms with Gasteiger partial charge in [0.15, 0.2) is 0 Å². The number of hydrogen-bond donors (Lipinski definition) is 1. The van der Waals surface area contributed by atoms with E-state index in [1.807, 2.05) is 0 Å². The molecule has 1 aromatic rings. The fourth-order valence-corrected chi connectivity index (χ4v) is 3.52. The van der Waals surface area contributed by atoms with Crippen molar-refractivity contribution in [1.29, 1.82) is 0 Å². The van der Waals surface area contributed by atoms with Gasteiger partial charge < -0.3 is 10.6 Å². The lowest BCUT2D eigenvalue weighted by Crippen LogP contribution is -2.40. The predicted octanol–water partition coefficient (Wildman–Crippen LogP) is 3.83. The predicted molar refractivity (Wildman–Crippen MR) is 86.6 cm³/mol. The molecular formula is C18H30N2. The van der Waals surface area contributed by atoms with Crippen LogP contribution in [0.2, 0.25) is 0 Å². The molecule has 0 bridgehead atoms. The second kappa shape index (κ2) is 7.24. The molecule has 2 nitrogen and oxygen atoms in total. The van der Waals surface area contributed by atoms with Crippen LogP contribution in [0.3, 0.4) is 0 Å². The SMILES string of the molecule is CC1CCCC(N(C)CC(C)C(N)c2ccccc2)C1. The summed E-state index contributed by atoms with van der Waals surface area (Å²) in [5, 5.41) is 0. The maximum Gasteiger partial charge on any atom is 0.0333 e. The molecular weight excluding hydrogens is 244 g/mol. The van der Waals surface area contributed by atoms with E-state index in [1.54, 1.807) is 0 Å². The van der Waals surface area contributed by atoms with Gasteiger partial charge in [0.05, 0.1) is 0 Å². The van der Waals surface area contributed by atoms with Crippen molar-refractivity contribution in [3.8, 4) is 0 Å². The maximum atomic E-state index is 6.42. The maximum absolute atomic E-state index is 6.42. The van der Waals surface area contributed by atoms with Crippen molar-refractivity contribution in [3.63, 3.8) is 0 Å². The van der Waals surface area contributed by atoms with Gasteiger partial charge in [0.25, 0.3) is 0 Å². The smallest absolute Gasteiger partial charge is 0.0333 e. The van der Waals surface area contributed by atoms with E-state index in [4.69, 9.17) is 5.73 Å². The van der Waals surface area contributed by atoms with Gasteiger partial charge in [-0.2, -0.15) is 0 Å². The Balaban J connectivity index is 1.88. The first kappa shape index (κ1) is 15.5. The first-order chi connectivity index (χ1) is 9.58. The molecule has 0 aliphatic heterocycles. The second-order valence-electron chi connectivity index (χ2n) is 6.78. The van der Waals surface area contributed by atoms with Gasteiger partial charge in [0.1, 0.15) is 0 Å². The van der Waals surface area contributed by atoms with Gasteiger partial charge in [-0.15, -0.1) is 0 Å². The summed E-state index contributed by atoms with van der Waals surface area (Å²) in [6.07, 6.45) is 5.50. The number of hydrogen-bond acceptors (Lipinski definition) is 2. The zero-order valence-corrected chi connectivity index (χ0v) is 13.3.